The number of hydrogen-bond acceptors (Lipinski definition) is 4. The lowest BCUT2D eigenvalue weighted by molar-refractivity contribution is -0.135. The molecular formula is C22H17BrFN3O3. The molecule has 152 valence electrons. The molecule has 0 aliphatic carbocycles. The van der Waals surface area contributed by atoms with E-state index in [1.807, 2.05) is 11.0 Å². The number of halogens is 2. The lowest BCUT2D eigenvalue weighted by Gasteiger charge is -2.36. The second kappa shape index (κ2) is 5.98. The predicted octanol–water partition coefficient (Wildman–Crippen LogP) is 3.02. The minimum atomic E-state index is -1.36. The van der Waals surface area contributed by atoms with E-state index in [1.54, 1.807) is 18.2 Å². The molecule has 0 radical (unpaired) electrons. The highest BCUT2D eigenvalue weighted by Gasteiger charge is 2.74. The van der Waals surface area contributed by atoms with Gasteiger partial charge in [-0.3, -0.25) is 19.3 Å². The molecule has 4 aliphatic rings. The molecule has 3 amide bonds. The average Bonchev–Trinajstić information content (AvgIpc) is 3.42. The maximum atomic E-state index is 14.3. The molecule has 4 heterocycles. The van der Waals surface area contributed by atoms with Gasteiger partial charge < -0.3 is 5.32 Å². The highest BCUT2D eigenvalue weighted by atomic mass is 79.9. The molecule has 2 aromatic carbocycles. The number of nitrogens with one attached hydrogen (secondary N) is 1. The van der Waals surface area contributed by atoms with Gasteiger partial charge in [0.05, 0.1) is 17.5 Å². The summed E-state index contributed by atoms with van der Waals surface area (Å²) in [4.78, 5) is 44.0. The second-order valence-corrected chi connectivity index (χ2v) is 9.13. The maximum Gasteiger partial charge on any atom is 0.250 e. The van der Waals surface area contributed by atoms with E-state index in [1.165, 1.54) is 23.1 Å². The Balaban J connectivity index is 1.58. The van der Waals surface area contributed by atoms with Crippen molar-refractivity contribution in [3.63, 3.8) is 0 Å². The largest absolute Gasteiger partial charge is 0.324 e. The molecule has 1 N–H and O–H groups in total. The Labute approximate surface area is 180 Å². The number of carbonyl (C=O) groups is 3. The molecule has 8 heteroatoms. The molecule has 6 rings (SSSR count). The lowest BCUT2D eigenvalue weighted by Crippen LogP contribution is -2.54. The zero-order valence-electron chi connectivity index (χ0n) is 15.8. The van der Waals surface area contributed by atoms with Crippen LogP contribution in [-0.4, -0.2) is 35.2 Å². The van der Waals surface area contributed by atoms with E-state index >= 15 is 0 Å². The van der Waals surface area contributed by atoms with Crippen molar-refractivity contribution in [3.8, 4) is 0 Å². The number of anilines is 2. The topological polar surface area (TPSA) is 69.7 Å². The van der Waals surface area contributed by atoms with Crippen molar-refractivity contribution in [2.24, 2.45) is 11.8 Å². The Bertz CT molecular complexity index is 1150. The van der Waals surface area contributed by atoms with Crippen LogP contribution in [0.5, 0.6) is 0 Å². The molecule has 1 spiro atoms. The summed E-state index contributed by atoms with van der Waals surface area (Å²) in [5, 5.41) is 2.85. The highest BCUT2D eigenvalue weighted by molar-refractivity contribution is 9.10. The molecule has 0 aromatic heterocycles. The summed E-state index contributed by atoms with van der Waals surface area (Å²) in [7, 11) is 0. The number of para-hydroxylation sites is 1. The minimum absolute atomic E-state index is 0.223. The van der Waals surface area contributed by atoms with Crippen LogP contribution in [0.1, 0.15) is 18.4 Å². The van der Waals surface area contributed by atoms with Crippen molar-refractivity contribution < 1.29 is 18.8 Å². The molecule has 4 atom stereocenters. The van der Waals surface area contributed by atoms with Crippen molar-refractivity contribution in [1.29, 1.82) is 0 Å². The number of imide groups is 1. The van der Waals surface area contributed by atoms with Gasteiger partial charge in [-0.1, -0.05) is 12.1 Å². The van der Waals surface area contributed by atoms with Gasteiger partial charge in [-0.15, -0.1) is 0 Å². The third-order valence-corrected chi connectivity index (χ3v) is 7.72. The van der Waals surface area contributed by atoms with Crippen molar-refractivity contribution in [2.75, 3.05) is 16.8 Å². The van der Waals surface area contributed by atoms with E-state index in [0.717, 1.165) is 12.8 Å². The number of rotatable bonds is 1. The molecule has 0 saturated carbocycles. The third-order valence-electron chi connectivity index (χ3n) is 7.05. The standard InChI is InChI=1S/C22H17BrFN3O3/c23-13-4-1-2-5-15(13)27-19(28)17-16-6-3-9-26(16)22(18(17)20(27)29)12-10-11(24)7-8-14(12)25-21(22)30/h1-2,4-5,7-8,10,16-18H,3,6,9H2,(H,25,30)/t16-,17+,18-,22-/m0/s1. The smallest absolute Gasteiger partial charge is 0.250 e. The summed E-state index contributed by atoms with van der Waals surface area (Å²) in [5.41, 5.74) is 0.0835. The van der Waals surface area contributed by atoms with E-state index in [-0.39, 0.29) is 17.9 Å². The second-order valence-electron chi connectivity index (χ2n) is 8.28. The summed E-state index contributed by atoms with van der Waals surface area (Å²) >= 11 is 3.43. The maximum absolute atomic E-state index is 14.3. The first kappa shape index (κ1) is 18.2. The van der Waals surface area contributed by atoms with Crippen LogP contribution >= 0.6 is 15.9 Å². The fourth-order valence-electron chi connectivity index (χ4n) is 6.05. The first-order valence-corrected chi connectivity index (χ1v) is 10.8. The van der Waals surface area contributed by atoms with Gasteiger partial charge in [-0.2, -0.15) is 0 Å². The Morgan fingerprint density at radius 3 is 2.70 bits per heavy atom. The Hall–Kier alpha value is -2.58. The van der Waals surface area contributed by atoms with Crippen molar-refractivity contribution in [2.45, 2.75) is 24.4 Å². The Kier molecular flexibility index (Phi) is 3.63. The Morgan fingerprint density at radius 1 is 1.10 bits per heavy atom. The van der Waals surface area contributed by atoms with E-state index in [9.17, 15) is 18.8 Å². The molecule has 4 aliphatic heterocycles. The molecular weight excluding hydrogens is 453 g/mol. The predicted molar refractivity (Wildman–Crippen MR) is 110 cm³/mol. The highest BCUT2D eigenvalue weighted by Crippen LogP contribution is 2.60. The van der Waals surface area contributed by atoms with E-state index in [0.29, 0.717) is 28.0 Å². The summed E-state index contributed by atoms with van der Waals surface area (Å²) < 4.78 is 14.9. The van der Waals surface area contributed by atoms with Gasteiger partial charge in [-0.05, 0) is 65.6 Å². The van der Waals surface area contributed by atoms with E-state index in [2.05, 4.69) is 21.2 Å². The zero-order valence-corrected chi connectivity index (χ0v) is 17.4. The van der Waals surface area contributed by atoms with Gasteiger partial charge >= 0.3 is 0 Å². The Morgan fingerprint density at radius 2 is 1.90 bits per heavy atom. The molecule has 3 saturated heterocycles. The lowest BCUT2D eigenvalue weighted by atomic mass is 9.75. The van der Waals surface area contributed by atoms with Crippen molar-refractivity contribution in [3.05, 3.63) is 58.3 Å². The number of benzene rings is 2. The molecule has 0 unspecified atom stereocenters. The van der Waals surface area contributed by atoms with E-state index < -0.39 is 29.1 Å². The van der Waals surface area contributed by atoms with Crippen LogP contribution in [0.25, 0.3) is 0 Å². The van der Waals surface area contributed by atoms with Crippen LogP contribution in [-0.2, 0) is 19.9 Å². The van der Waals surface area contributed by atoms with Gasteiger partial charge in [0.2, 0.25) is 17.7 Å². The number of hydrogen-bond donors (Lipinski definition) is 1. The minimum Gasteiger partial charge on any atom is -0.324 e. The first-order valence-electron chi connectivity index (χ1n) is 9.97. The molecule has 0 bridgehead atoms. The fourth-order valence-corrected chi connectivity index (χ4v) is 6.51. The summed E-state index contributed by atoms with van der Waals surface area (Å²) in [5.74, 6) is -3.03. The van der Waals surface area contributed by atoms with E-state index in [4.69, 9.17) is 0 Å². The van der Waals surface area contributed by atoms with Gasteiger partial charge in [0.25, 0.3) is 0 Å². The SMILES string of the molecule is O=C1[C@H]2[C@@H](C(=O)N1c1ccccc1Br)[C@@]1(C(=O)Nc3ccc(F)cc31)N1CCC[C@@H]21. The van der Waals surface area contributed by atoms with Crippen LogP contribution in [0.15, 0.2) is 46.9 Å². The summed E-state index contributed by atoms with van der Waals surface area (Å²) in [6.07, 6.45) is 1.55. The number of amides is 3. The van der Waals surface area contributed by atoms with Crippen molar-refractivity contribution in [1.82, 2.24) is 4.90 Å². The third kappa shape index (κ3) is 1.98. The van der Waals surface area contributed by atoms with Crippen LogP contribution in [0, 0.1) is 17.7 Å². The fraction of sp³-hybridized carbons (Fsp3) is 0.318. The van der Waals surface area contributed by atoms with Crippen LogP contribution < -0.4 is 10.2 Å². The van der Waals surface area contributed by atoms with Crippen LogP contribution in [0.3, 0.4) is 0 Å². The monoisotopic (exact) mass is 469 g/mol. The number of fused-ring (bicyclic) bond motifs is 7. The average molecular weight is 470 g/mol. The van der Waals surface area contributed by atoms with Gasteiger partial charge in [-0.25, -0.2) is 9.29 Å². The first-order chi connectivity index (χ1) is 14.5. The molecule has 6 nitrogen and oxygen atoms in total. The number of carbonyl (C=O) groups excluding carboxylic acids is 3. The van der Waals surface area contributed by atoms with Crippen LogP contribution in [0.2, 0.25) is 0 Å². The molecule has 2 aromatic rings. The van der Waals surface area contributed by atoms with Crippen LogP contribution in [0.4, 0.5) is 15.8 Å². The normalized spacial score (nSPS) is 32.0. The van der Waals surface area contributed by atoms with Gasteiger partial charge in [0.15, 0.2) is 0 Å². The van der Waals surface area contributed by atoms with Crippen molar-refractivity contribution >= 4 is 45.0 Å². The van der Waals surface area contributed by atoms with Gasteiger partial charge in [0.1, 0.15) is 11.4 Å². The molecule has 3 fully saturated rings. The van der Waals surface area contributed by atoms with Gasteiger partial charge in [0, 0.05) is 21.8 Å². The summed E-state index contributed by atoms with van der Waals surface area (Å²) in [6.45, 7) is 0.594. The quantitative estimate of drug-likeness (QED) is 0.651. The summed E-state index contributed by atoms with van der Waals surface area (Å²) in [6, 6.07) is 11.0. The number of nitrogens with zero attached hydrogens (tertiary/aromatic N) is 2. The zero-order chi connectivity index (χ0) is 20.8. The molecule has 30 heavy (non-hydrogen) atoms.